The lowest BCUT2D eigenvalue weighted by atomic mass is 10.1. The van der Waals surface area contributed by atoms with Crippen LogP contribution in [-0.2, 0) is 11.3 Å². The molecule has 29 heavy (non-hydrogen) atoms. The molecular formula is C20H22F2N2O5. The second-order valence-corrected chi connectivity index (χ2v) is 6.69. The molecule has 2 aromatic rings. The van der Waals surface area contributed by atoms with Crippen molar-refractivity contribution in [3.8, 4) is 11.5 Å². The summed E-state index contributed by atoms with van der Waals surface area (Å²) in [5.74, 6) is -0.235. The largest absolute Gasteiger partial charge is 0.493 e. The van der Waals surface area contributed by atoms with E-state index in [9.17, 15) is 18.4 Å². The number of benzene rings is 1. The summed E-state index contributed by atoms with van der Waals surface area (Å²) in [6, 6.07) is 7.14. The lowest BCUT2D eigenvalue weighted by Gasteiger charge is -2.27. The first-order chi connectivity index (χ1) is 13.9. The highest BCUT2D eigenvalue weighted by Gasteiger charge is 2.37. The number of ether oxygens (including phenoxy) is 2. The van der Waals surface area contributed by atoms with Crippen LogP contribution in [0.2, 0.25) is 0 Å². The summed E-state index contributed by atoms with van der Waals surface area (Å²) in [6.45, 7) is -2.25. The van der Waals surface area contributed by atoms with Crippen LogP contribution in [-0.4, -0.2) is 55.0 Å². The predicted octanol–water partition coefficient (Wildman–Crippen LogP) is 3.15. The zero-order chi connectivity index (χ0) is 21.0. The monoisotopic (exact) mass is 408 g/mol. The first-order valence-electron chi connectivity index (χ1n) is 9.12. The van der Waals surface area contributed by atoms with E-state index in [2.05, 4.69) is 4.74 Å². The van der Waals surface area contributed by atoms with E-state index in [-0.39, 0.29) is 35.6 Å². The second-order valence-electron chi connectivity index (χ2n) is 6.69. The molecule has 1 fully saturated rings. The van der Waals surface area contributed by atoms with Gasteiger partial charge < -0.3 is 23.7 Å². The number of amides is 2. The number of hydrogen-bond acceptors (Lipinski definition) is 5. The topological polar surface area (TPSA) is 72.2 Å². The first kappa shape index (κ1) is 20.6. The summed E-state index contributed by atoms with van der Waals surface area (Å²) in [5, 5.41) is 0. The number of methoxy groups -OCH3 is 1. The molecule has 0 spiro atoms. The first-order valence-corrected chi connectivity index (χ1v) is 9.12. The molecule has 1 aromatic carbocycles. The van der Waals surface area contributed by atoms with Crippen molar-refractivity contribution in [3.05, 3.63) is 47.9 Å². The maximum absolute atomic E-state index is 12.9. The van der Waals surface area contributed by atoms with Crippen molar-refractivity contribution < 1.29 is 32.3 Å². The number of hydrogen-bond donors (Lipinski definition) is 0. The van der Waals surface area contributed by atoms with Gasteiger partial charge in [-0.2, -0.15) is 8.78 Å². The number of furan rings is 1. The van der Waals surface area contributed by atoms with E-state index < -0.39 is 12.7 Å². The number of likely N-dealkylation sites (N-methyl/N-ethyl adjacent to an activating group) is 1. The average molecular weight is 408 g/mol. The molecule has 1 unspecified atom stereocenters. The molecule has 156 valence electrons. The van der Waals surface area contributed by atoms with E-state index in [1.54, 1.807) is 31.3 Å². The molecule has 1 atom stereocenters. The fourth-order valence-corrected chi connectivity index (χ4v) is 3.42. The number of nitrogens with zero attached hydrogens (tertiary/aromatic N) is 2. The number of carbonyl (C=O) groups is 2. The standard InChI is InChI=1S/C20H22F2N2O5/c1-23(12-13-7-8-15(29-20(21)22)17(11-13)27-2)18(25)14-5-3-9-24(14)19(26)16-6-4-10-28-16/h4,6-8,10-11,14,20H,3,5,9,12H2,1-2H3. The highest BCUT2D eigenvalue weighted by atomic mass is 19.3. The van der Waals surface area contributed by atoms with Gasteiger partial charge in [0.05, 0.1) is 13.4 Å². The van der Waals surface area contributed by atoms with E-state index in [1.807, 2.05) is 0 Å². The van der Waals surface area contributed by atoms with Crippen LogP contribution in [0.3, 0.4) is 0 Å². The quantitative estimate of drug-likeness (QED) is 0.704. The van der Waals surface area contributed by atoms with Gasteiger partial charge >= 0.3 is 6.61 Å². The van der Waals surface area contributed by atoms with Crippen molar-refractivity contribution in [2.45, 2.75) is 32.0 Å². The Morgan fingerprint density at radius 2 is 2.10 bits per heavy atom. The molecule has 9 heteroatoms. The Bertz CT molecular complexity index is 857. The van der Waals surface area contributed by atoms with Crippen LogP contribution < -0.4 is 9.47 Å². The number of likely N-dealkylation sites (tertiary alicyclic amines) is 1. The molecule has 1 aromatic heterocycles. The van der Waals surface area contributed by atoms with Crippen molar-refractivity contribution in [1.82, 2.24) is 9.80 Å². The number of rotatable bonds is 7. The minimum atomic E-state index is -2.96. The fourth-order valence-electron chi connectivity index (χ4n) is 3.42. The SMILES string of the molecule is COc1cc(CN(C)C(=O)C2CCCN2C(=O)c2ccco2)ccc1OC(F)F. The van der Waals surface area contributed by atoms with E-state index in [1.165, 1.54) is 29.2 Å². The zero-order valence-electron chi connectivity index (χ0n) is 16.1. The summed E-state index contributed by atoms with van der Waals surface area (Å²) >= 11 is 0. The van der Waals surface area contributed by atoms with Crippen molar-refractivity contribution in [1.29, 1.82) is 0 Å². The van der Waals surface area contributed by atoms with Gasteiger partial charge in [0.2, 0.25) is 5.91 Å². The molecule has 1 aliphatic rings. The summed E-state index contributed by atoms with van der Waals surface area (Å²) in [7, 11) is 2.98. The maximum Gasteiger partial charge on any atom is 0.387 e. The Labute approximate surface area is 166 Å². The van der Waals surface area contributed by atoms with Gasteiger partial charge in [-0.1, -0.05) is 6.07 Å². The normalized spacial score (nSPS) is 16.2. The molecule has 2 amide bonds. The summed E-state index contributed by atoms with van der Waals surface area (Å²) < 4.78 is 39.6. The van der Waals surface area contributed by atoms with Crippen LogP contribution in [0.5, 0.6) is 11.5 Å². The highest BCUT2D eigenvalue weighted by molar-refractivity contribution is 5.95. The van der Waals surface area contributed by atoms with E-state index >= 15 is 0 Å². The lowest BCUT2D eigenvalue weighted by Crippen LogP contribution is -2.46. The molecule has 7 nitrogen and oxygen atoms in total. The van der Waals surface area contributed by atoms with Crippen LogP contribution in [0.15, 0.2) is 41.0 Å². The van der Waals surface area contributed by atoms with Crippen LogP contribution in [0.25, 0.3) is 0 Å². The molecule has 3 rings (SSSR count). The second kappa shape index (κ2) is 8.93. The minimum Gasteiger partial charge on any atom is -0.493 e. The molecule has 0 aliphatic carbocycles. The van der Waals surface area contributed by atoms with Gasteiger partial charge in [-0.3, -0.25) is 9.59 Å². The summed E-state index contributed by atoms with van der Waals surface area (Å²) in [5.41, 5.74) is 0.682. The van der Waals surface area contributed by atoms with Crippen molar-refractivity contribution in [3.63, 3.8) is 0 Å². The Morgan fingerprint density at radius 1 is 1.31 bits per heavy atom. The molecule has 1 aliphatic heterocycles. The van der Waals surface area contributed by atoms with Crippen LogP contribution in [0.1, 0.15) is 29.0 Å². The number of halogens is 2. The zero-order valence-corrected chi connectivity index (χ0v) is 16.1. The van der Waals surface area contributed by atoms with Gasteiger partial charge in [0.1, 0.15) is 6.04 Å². The average Bonchev–Trinajstić information content (AvgIpc) is 3.39. The van der Waals surface area contributed by atoms with Crippen molar-refractivity contribution >= 4 is 11.8 Å². The van der Waals surface area contributed by atoms with Gasteiger partial charge in [-0.25, -0.2) is 0 Å². The molecule has 2 heterocycles. The third-order valence-electron chi connectivity index (χ3n) is 4.77. The van der Waals surface area contributed by atoms with E-state index in [0.29, 0.717) is 18.5 Å². The molecule has 0 radical (unpaired) electrons. The van der Waals surface area contributed by atoms with Crippen LogP contribution in [0.4, 0.5) is 8.78 Å². The fraction of sp³-hybridized carbons (Fsp3) is 0.400. The molecule has 0 bridgehead atoms. The molecule has 0 saturated carbocycles. The number of alkyl halides is 2. The summed E-state index contributed by atoms with van der Waals surface area (Å²) in [6.07, 6.45) is 2.71. The minimum absolute atomic E-state index is 0.0776. The van der Waals surface area contributed by atoms with Crippen molar-refractivity contribution in [2.75, 3.05) is 20.7 Å². The molecule has 1 saturated heterocycles. The highest BCUT2D eigenvalue weighted by Crippen LogP contribution is 2.30. The number of carbonyl (C=O) groups excluding carboxylic acids is 2. The Hall–Kier alpha value is -3.10. The Morgan fingerprint density at radius 3 is 2.76 bits per heavy atom. The van der Waals surface area contributed by atoms with E-state index in [4.69, 9.17) is 9.15 Å². The molecule has 0 N–H and O–H groups in total. The lowest BCUT2D eigenvalue weighted by molar-refractivity contribution is -0.134. The van der Waals surface area contributed by atoms with Gasteiger partial charge in [0.15, 0.2) is 17.3 Å². The van der Waals surface area contributed by atoms with Gasteiger partial charge in [0, 0.05) is 20.1 Å². The van der Waals surface area contributed by atoms with Crippen molar-refractivity contribution in [2.24, 2.45) is 0 Å². The van der Waals surface area contributed by atoms with Crippen LogP contribution in [0, 0.1) is 0 Å². The Kier molecular flexibility index (Phi) is 6.36. The third kappa shape index (κ3) is 4.67. The smallest absolute Gasteiger partial charge is 0.387 e. The maximum atomic E-state index is 12.9. The van der Waals surface area contributed by atoms with Gasteiger partial charge in [-0.15, -0.1) is 0 Å². The van der Waals surface area contributed by atoms with E-state index in [0.717, 1.165) is 6.42 Å². The molecular weight excluding hydrogens is 386 g/mol. The third-order valence-corrected chi connectivity index (χ3v) is 4.77. The van der Waals surface area contributed by atoms with Crippen LogP contribution >= 0.6 is 0 Å². The predicted molar refractivity (Wildman–Crippen MR) is 98.9 cm³/mol. The summed E-state index contributed by atoms with van der Waals surface area (Å²) in [4.78, 5) is 28.6. The Balaban J connectivity index is 1.69. The van der Waals surface area contributed by atoms with Gasteiger partial charge in [0.25, 0.3) is 5.91 Å². The van der Waals surface area contributed by atoms with Gasteiger partial charge in [-0.05, 0) is 42.7 Å².